The highest BCUT2D eigenvalue weighted by Crippen LogP contribution is 2.30. The highest BCUT2D eigenvalue weighted by Gasteiger charge is 2.35. The van der Waals surface area contributed by atoms with Crippen LogP contribution in [0.5, 0.6) is 0 Å². The summed E-state index contributed by atoms with van der Waals surface area (Å²) in [5, 5.41) is 3.79. The Morgan fingerprint density at radius 2 is 1.17 bits per heavy atom. The Balaban J connectivity index is 2.91. The molecule has 2 nitrogen and oxygen atoms in total. The summed E-state index contributed by atoms with van der Waals surface area (Å²) in [6, 6.07) is 0.334. The molecule has 0 spiro atoms. The predicted octanol–water partition coefficient (Wildman–Crippen LogP) is 5.89. The van der Waals surface area contributed by atoms with Crippen LogP contribution >= 0.6 is 0 Å². The molecule has 0 saturated heterocycles. The van der Waals surface area contributed by atoms with Gasteiger partial charge in [-0.25, -0.2) is 0 Å². The summed E-state index contributed by atoms with van der Waals surface area (Å²) in [5.41, 5.74) is -0.169. The van der Waals surface area contributed by atoms with Crippen LogP contribution in [-0.2, 0) is 4.79 Å². The van der Waals surface area contributed by atoms with E-state index >= 15 is 0 Å². The van der Waals surface area contributed by atoms with Crippen LogP contribution in [0.3, 0.4) is 0 Å². The second kappa shape index (κ2) is 9.20. The zero-order valence-electron chi connectivity index (χ0n) is 16.6. The molecule has 0 radical (unpaired) electrons. The lowest BCUT2D eigenvalue weighted by atomic mass is 9.75. The summed E-state index contributed by atoms with van der Waals surface area (Å²) in [6.07, 6.45) is 12.7. The smallest absolute Gasteiger partial charge is 0.142 e. The summed E-state index contributed by atoms with van der Waals surface area (Å²) in [7, 11) is 0. The summed E-state index contributed by atoms with van der Waals surface area (Å²) in [4.78, 5) is 13.1. The van der Waals surface area contributed by atoms with Gasteiger partial charge in [0, 0.05) is 22.9 Å². The number of hydrogen-bond donors (Lipinski definition) is 1. The van der Waals surface area contributed by atoms with Gasteiger partial charge in [0.05, 0.1) is 0 Å². The molecule has 0 amide bonds. The molecular formula is C21H41NO. The summed E-state index contributed by atoms with van der Waals surface area (Å²) >= 11 is 0. The normalized spacial score (nSPS) is 26.2. The molecule has 0 aromatic carbocycles. The first-order valence-electron chi connectivity index (χ1n) is 9.93. The van der Waals surface area contributed by atoms with Crippen LogP contribution in [0.25, 0.3) is 0 Å². The maximum atomic E-state index is 13.1. The minimum Gasteiger partial charge on any atom is -0.309 e. The molecule has 0 heterocycles. The van der Waals surface area contributed by atoms with Gasteiger partial charge in [-0.05, 0) is 33.6 Å². The van der Waals surface area contributed by atoms with Crippen molar-refractivity contribution < 1.29 is 4.79 Å². The van der Waals surface area contributed by atoms with Crippen molar-refractivity contribution in [2.24, 2.45) is 11.3 Å². The van der Waals surface area contributed by atoms with Gasteiger partial charge in [-0.2, -0.15) is 0 Å². The summed E-state index contributed by atoms with van der Waals surface area (Å²) in [6.45, 7) is 12.9. The van der Waals surface area contributed by atoms with Crippen molar-refractivity contribution in [1.29, 1.82) is 0 Å². The first-order chi connectivity index (χ1) is 10.6. The Morgan fingerprint density at radius 3 is 1.61 bits per heavy atom. The van der Waals surface area contributed by atoms with E-state index in [0.29, 0.717) is 11.8 Å². The molecule has 2 atom stereocenters. The Hall–Kier alpha value is -0.370. The highest BCUT2D eigenvalue weighted by atomic mass is 16.1. The van der Waals surface area contributed by atoms with E-state index in [1.807, 2.05) is 0 Å². The van der Waals surface area contributed by atoms with Crippen LogP contribution in [0.4, 0.5) is 0 Å². The van der Waals surface area contributed by atoms with Crippen LogP contribution in [0, 0.1) is 11.3 Å². The van der Waals surface area contributed by atoms with Crippen molar-refractivity contribution in [2.75, 3.05) is 0 Å². The van der Waals surface area contributed by atoms with Gasteiger partial charge in [0.1, 0.15) is 5.78 Å². The molecule has 1 fully saturated rings. The highest BCUT2D eigenvalue weighted by molar-refractivity contribution is 5.86. The molecule has 1 rings (SSSR count). The second-order valence-corrected chi connectivity index (χ2v) is 9.63. The Labute approximate surface area is 145 Å². The molecule has 0 aromatic heterocycles. The minimum atomic E-state index is -0.237. The van der Waals surface area contributed by atoms with Gasteiger partial charge in [0.2, 0.25) is 0 Å². The summed E-state index contributed by atoms with van der Waals surface area (Å²) in [5.74, 6) is 0.630. The van der Waals surface area contributed by atoms with Crippen LogP contribution in [0.15, 0.2) is 0 Å². The number of nitrogens with one attached hydrogen (secondary N) is 1. The molecule has 1 N–H and O–H groups in total. The fourth-order valence-electron chi connectivity index (χ4n) is 3.79. The number of carbonyl (C=O) groups is 1. The molecule has 23 heavy (non-hydrogen) atoms. The van der Waals surface area contributed by atoms with Gasteiger partial charge in [-0.3, -0.25) is 4.79 Å². The summed E-state index contributed by atoms with van der Waals surface area (Å²) < 4.78 is 0. The molecule has 2 heteroatoms. The third kappa shape index (κ3) is 8.33. The molecule has 0 aromatic rings. The molecule has 1 aliphatic carbocycles. The number of hydrogen-bond acceptors (Lipinski definition) is 2. The van der Waals surface area contributed by atoms with Gasteiger partial charge >= 0.3 is 0 Å². The quantitative estimate of drug-likeness (QED) is 0.686. The molecule has 0 bridgehead atoms. The standard InChI is InChI=1S/C21H41NO/c1-20(2,3)19(23)17-15-13-11-9-7-8-10-12-14-16-18(17)22-21(4,5)6/h17-18,22H,7-16H2,1-6H3/t17-,18+/m0/s1. The lowest BCUT2D eigenvalue weighted by Gasteiger charge is -2.36. The van der Waals surface area contributed by atoms with E-state index < -0.39 is 0 Å². The second-order valence-electron chi connectivity index (χ2n) is 9.63. The first-order valence-corrected chi connectivity index (χ1v) is 9.93. The van der Waals surface area contributed by atoms with Crippen LogP contribution in [-0.4, -0.2) is 17.4 Å². The maximum Gasteiger partial charge on any atom is 0.142 e. The molecule has 0 aliphatic heterocycles. The van der Waals surface area contributed by atoms with Crippen LogP contribution < -0.4 is 5.32 Å². The zero-order valence-corrected chi connectivity index (χ0v) is 16.6. The van der Waals surface area contributed by atoms with Crippen LogP contribution in [0.1, 0.15) is 106 Å². The molecule has 0 unspecified atom stereocenters. The zero-order chi connectivity index (χ0) is 17.5. The van der Waals surface area contributed by atoms with E-state index in [9.17, 15) is 4.79 Å². The Kier molecular flexibility index (Phi) is 8.27. The van der Waals surface area contributed by atoms with Gasteiger partial charge < -0.3 is 5.32 Å². The third-order valence-electron chi connectivity index (χ3n) is 4.96. The lowest BCUT2D eigenvalue weighted by molar-refractivity contribution is -0.132. The largest absolute Gasteiger partial charge is 0.309 e. The van der Waals surface area contributed by atoms with Crippen molar-refractivity contribution in [1.82, 2.24) is 5.32 Å². The van der Waals surface area contributed by atoms with E-state index in [1.54, 1.807) is 0 Å². The fourth-order valence-corrected chi connectivity index (χ4v) is 3.79. The van der Waals surface area contributed by atoms with Gasteiger partial charge in [-0.1, -0.05) is 72.1 Å². The third-order valence-corrected chi connectivity index (χ3v) is 4.96. The molecule has 136 valence electrons. The number of ketones is 1. The van der Waals surface area contributed by atoms with E-state index in [0.717, 1.165) is 12.8 Å². The lowest BCUT2D eigenvalue weighted by Crippen LogP contribution is -2.51. The van der Waals surface area contributed by atoms with Crippen LogP contribution in [0.2, 0.25) is 0 Å². The number of carbonyl (C=O) groups excluding carboxylic acids is 1. The van der Waals surface area contributed by atoms with Crippen molar-refractivity contribution in [3.63, 3.8) is 0 Å². The SMILES string of the molecule is CC(C)(C)N[C@@H]1CCCCCCCCCC[C@@H]1C(=O)C(C)(C)C. The van der Waals surface area contributed by atoms with Crippen molar-refractivity contribution >= 4 is 5.78 Å². The van der Waals surface area contributed by atoms with E-state index in [2.05, 4.69) is 46.9 Å². The van der Waals surface area contributed by atoms with E-state index in [4.69, 9.17) is 0 Å². The average molecular weight is 324 g/mol. The Morgan fingerprint density at radius 1 is 0.739 bits per heavy atom. The molecule has 1 saturated carbocycles. The Bertz CT molecular complexity index is 348. The predicted molar refractivity (Wildman–Crippen MR) is 101 cm³/mol. The monoisotopic (exact) mass is 323 g/mol. The van der Waals surface area contributed by atoms with Crippen molar-refractivity contribution in [3.8, 4) is 0 Å². The molecule has 1 aliphatic rings. The van der Waals surface area contributed by atoms with Gasteiger partial charge in [-0.15, -0.1) is 0 Å². The maximum absolute atomic E-state index is 13.1. The average Bonchev–Trinajstić information content (AvgIpc) is 2.39. The van der Waals surface area contributed by atoms with E-state index in [-0.39, 0.29) is 16.9 Å². The molecular weight excluding hydrogens is 282 g/mol. The minimum absolute atomic E-state index is 0.0676. The van der Waals surface area contributed by atoms with Crippen molar-refractivity contribution in [3.05, 3.63) is 0 Å². The van der Waals surface area contributed by atoms with Crippen molar-refractivity contribution in [2.45, 2.75) is 117 Å². The topological polar surface area (TPSA) is 29.1 Å². The van der Waals surface area contributed by atoms with Gasteiger partial charge in [0.15, 0.2) is 0 Å². The fraction of sp³-hybridized carbons (Fsp3) is 0.952. The van der Waals surface area contributed by atoms with Gasteiger partial charge in [0.25, 0.3) is 0 Å². The van der Waals surface area contributed by atoms with E-state index in [1.165, 1.54) is 51.4 Å². The number of Topliss-reactive ketones (excluding diaryl/α,β-unsaturated/α-hetero) is 1. The number of rotatable bonds is 2. The first kappa shape index (κ1) is 20.7.